The predicted molar refractivity (Wildman–Crippen MR) is 53.3 cm³/mol. The molecule has 2 N–H and O–H groups in total. The summed E-state index contributed by atoms with van der Waals surface area (Å²) in [5, 5.41) is 6.92. The van der Waals surface area contributed by atoms with Crippen molar-refractivity contribution in [1.29, 1.82) is 0 Å². The van der Waals surface area contributed by atoms with Crippen molar-refractivity contribution in [2.24, 2.45) is 5.92 Å². The van der Waals surface area contributed by atoms with Crippen molar-refractivity contribution in [1.82, 2.24) is 10.6 Å². The molecule has 0 aromatic rings. The highest BCUT2D eigenvalue weighted by atomic mass is 15.0. The molecule has 0 aliphatic carbocycles. The normalized spacial score (nSPS) is 26.5. The van der Waals surface area contributed by atoms with Crippen molar-refractivity contribution in [3.05, 3.63) is 0 Å². The van der Waals surface area contributed by atoms with E-state index in [1.807, 2.05) is 0 Å². The molecule has 12 heavy (non-hydrogen) atoms. The van der Waals surface area contributed by atoms with Crippen molar-refractivity contribution in [3.8, 4) is 0 Å². The van der Waals surface area contributed by atoms with E-state index in [2.05, 4.69) is 31.5 Å². The van der Waals surface area contributed by atoms with Gasteiger partial charge in [-0.3, -0.25) is 0 Å². The fourth-order valence-corrected chi connectivity index (χ4v) is 1.99. The summed E-state index contributed by atoms with van der Waals surface area (Å²) in [6.45, 7) is 5.80. The SMILES string of the molecule is CNC(CC1CCCN1)C(C)C. The van der Waals surface area contributed by atoms with Crippen LogP contribution in [0.4, 0.5) is 0 Å². The molecule has 1 rings (SSSR count). The lowest BCUT2D eigenvalue weighted by Crippen LogP contribution is -2.37. The molecule has 2 nitrogen and oxygen atoms in total. The molecule has 0 saturated carbocycles. The van der Waals surface area contributed by atoms with Crippen molar-refractivity contribution in [2.45, 2.75) is 45.2 Å². The molecule has 0 amide bonds. The minimum Gasteiger partial charge on any atom is -0.317 e. The van der Waals surface area contributed by atoms with Crippen LogP contribution in [-0.4, -0.2) is 25.7 Å². The van der Waals surface area contributed by atoms with Gasteiger partial charge in [0.2, 0.25) is 0 Å². The van der Waals surface area contributed by atoms with E-state index < -0.39 is 0 Å². The van der Waals surface area contributed by atoms with Crippen LogP contribution in [0.1, 0.15) is 33.1 Å². The molecular formula is C10H22N2. The molecule has 2 heteroatoms. The first-order valence-corrected chi connectivity index (χ1v) is 5.14. The molecular weight excluding hydrogens is 148 g/mol. The zero-order valence-electron chi connectivity index (χ0n) is 8.56. The Hall–Kier alpha value is -0.0800. The zero-order valence-corrected chi connectivity index (χ0v) is 8.56. The van der Waals surface area contributed by atoms with Crippen molar-refractivity contribution in [3.63, 3.8) is 0 Å². The molecule has 2 unspecified atom stereocenters. The van der Waals surface area contributed by atoms with Crippen LogP contribution in [0.25, 0.3) is 0 Å². The molecule has 2 atom stereocenters. The fraction of sp³-hybridized carbons (Fsp3) is 1.00. The average molecular weight is 170 g/mol. The monoisotopic (exact) mass is 170 g/mol. The summed E-state index contributed by atoms with van der Waals surface area (Å²) in [4.78, 5) is 0. The Morgan fingerprint density at radius 3 is 2.67 bits per heavy atom. The van der Waals surface area contributed by atoms with E-state index in [0.717, 1.165) is 12.0 Å². The quantitative estimate of drug-likeness (QED) is 0.666. The van der Waals surface area contributed by atoms with Crippen LogP contribution in [0.15, 0.2) is 0 Å². The van der Waals surface area contributed by atoms with E-state index in [0.29, 0.717) is 6.04 Å². The van der Waals surface area contributed by atoms with Gasteiger partial charge in [-0.05, 0) is 38.8 Å². The maximum Gasteiger partial charge on any atom is 0.0102 e. The summed E-state index contributed by atoms with van der Waals surface area (Å²) < 4.78 is 0. The Bertz CT molecular complexity index is 117. The van der Waals surface area contributed by atoms with Crippen LogP contribution in [0.2, 0.25) is 0 Å². The summed E-state index contributed by atoms with van der Waals surface area (Å²) in [7, 11) is 2.07. The summed E-state index contributed by atoms with van der Waals surface area (Å²) in [5.41, 5.74) is 0. The minimum atomic E-state index is 0.681. The fourth-order valence-electron chi connectivity index (χ4n) is 1.99. The largest absolute Gasteiger partial charge is 0.317 e. The standard InChI is InChI=1S/C10H22N2/c1-8(2)10(11-3)7-9-5-4-6-12-9/h8-12H,4-7H2,1-3H3. The van der Waals surface area contributed by atoms with E-state index in [1.54, 1.807) is 0 Å². The van der Waals surface area contributed by atoms with E-state index in [4.69, 9.17) is 0 Å². The van der Waals surface area contributed by atoms with Gasteiger partial charge in [0.25, 0.3) is 0 Å². The van der Waals surface area contributed by atoms with Gasteiger partial charge in [0.1, 0.15) is 0 Å². The smallest absolute Gasteiger partial charge is 0.0102 e. The van der Waals surface area contributed by atoms with Gasteiger partial charge in [-0.1, -0.05) is 13.8 Å². The van der Waals surface area contributed by atoms with Gasteiger partial charge in [0, 0.05) is 12.1 Å². The molecule has 0 aromatic carbocycles. The molecule has 0 aromatic heterocycles. The Morgan fingerprint density at radius 2 is 2.25 bits per heavy atom. The first-order chi connectivity index (χ1) is 5.74. The predicted octanol–water partition coefficient (Wildman–Crippen LogP) is 1.37. The molecule has 1 aliphatic heterocycles. The first kappa shape index (κ1) is 10.0. The number of hydrogen-bond acceptors (Lipinski definition) is 2. The first-order valence-electron chi connectivity index (χ1n) is 5.14. The third kappa shape index (κ3) is 2.76. The van der Waals surface area contributed by atoms with Gasteiger partial charge in [0.05, 0.1) is 0 Å². The van der Waals surface area contributed by atoms with Crippen LogP contribution in [0, 0.1) is 5.92 Å². The molecule has 0 bridgehead atoms. The van der Waals surface area contributed by atoms with Crippen LogP contribution < -0.4 is 10.6 Å². The van der Waals surface area contributed by atoms with Crippen molar-refractivity contribution < 1.29 is 0 Å². The molecule has 0 spiro atoms. The molecule has 0 radical (unpaired) electrons. The lowest BCUT2D eigenvalue weighted by Gasteiger charge is -2.23. The van der Waals surface area contributed by atoms with Gasteiger partial charge < -0.3 is 10.6 Å². The maximum absolute atomic E-state index is 3.54. The molecule has 1 aliphatic rings. The van der Waals surface area contributed by atoms with Gasteiger partial charge in [-0.25, -0.2) is 0 Å². The lowest BCUT2D eigenvalue weighted by atomic mass is 9.96. The Morgan fingerprint density at radius 1 is 1.50 bits per heavy atom. The molecule has 72 valence electrons. The highest BCUT2D eigenvalue weighted by Crippen LogP contribution is 2.14. The third-order valence-corrected chi connectivity index (χ3v) is 2.88. The Labute approximate surface area is 76.1 Å². The average Bonchev–Trinajstić information content (AvgIpc) is 2.51. The summed E-state index contributed by atoms with van der Waals surface area (Å²) in [6, 6.07) is 1.45. The zero-order chi connectivity index (χ0) is 8.97. The molecule has 1 fully saturated rings. The van der Waals surface area contributed by atoms with Crippen LogP contribution in [-0.2, 0) is 0 Å². The van der Waals surface area contributed by atoms with E-state index in [9.17, 15) is 0 Å². The second-order valence-electron chi connectivity index (χ2n) is 4.17. The number of hydrogen-bond donors (Lipinski definition) is 2. The maximum atomic E-state index is 3.54. The lowest BCUT2D eigenvalue weighted by molar-refractivity contribution is 0.361. The van der Waals surface area contributed by atoms with Crippen LogP contribution in [0.5, 0.6) is 0 Å². The van der Waals surface area contributed by atoms with Gasteiger partial charge in [0.15, 0.2) is 0 Å². The second-order valence-corrected chi connectivity index (χ2v) is 4.17. The van der Waals surface area contributed by atoms with E-state index >= 15 is 0 Å². The van der Waals surface area contributed by atoms with E-state index in [-0.39, 0.29) is 0 Å². The van der Waals surface area contributed by atoms with Gasteiger partial charge in [-0.2, -0.15) is 0 Å². The Kier molecular flexibility index (Phi) is 4.02. The second kappa shape index (κ2) is 4.83. The number of rotatable bonds is 4. The minimum absolute atomic E-state index is 0.681. The third-order valence-electron chi connectivity index (χ3n) is 2.88. The van der Waals surface area contributed by atoms with Crippen LogP contribution >= 0.6 is 0 Å². The van der Waals surface area contributed by atoms with Crippen molar-refractivity contribution >= 4 is 0 Å². The summed E-state index contributed by atoms with van der Waals surface area (Å²) in [5.74, 6) is 0.748. The van der Waals surface area contributed by atoms with Gasteiger partial charge >= 0.3 is 0 Å². The highest BCUT2D eigenvalue weighted by molar-refractivity contribution is 4.81. The van der Waals surface area contributed by atoms with Crippen molar-refractivity contribution in [2.75, 3.05) is 13.6 Å². The van der Waals surface area contributed by atoms with E-state index in [1.165, 1.54) is 25.8 Å². The summed E-state index contributed by atoms with van der Waals surface area (Å²) >= 11 is 0. The number of nitrogens with one attached hydrogen (secondary N) is 2. The van der Waals surface area contributed by atoms with Gasteiger partial charge in [-0.15, -0.1) is 0 Å². The topological polar surface area (TPSA) is 24.1 Å². The highest BCUT2D eigenvalue weighted by Gasteiger charge is 2.20. The molecule has 1 heterocycles. The van der Waals surface area contributed by atoms with Crippen LogP contribution in [0.3, 0.4) is 0 Å². The molecule has 1 saturated heterocycles. The Balaban J connectivity index is 2.26. The summed E-state index contributed by atoms with van der Waals surface area (Å²) in [6.07, 6.45) is 4.01.